The van der Waals surface area contributed by atoms with Gasteiger partial charge in [0.25, 0.3) is 0 Å². The van der Waals surface area contributed by atoms with Gasteiger partial charge in [-0.1, -0.05) is 29.8 Å². The molecule has 2 aromatic rings. The van der Waals surface area contributed by atoms with Crippen molar-refractivity contribution in [2.24, 2.45) is 0 Å². The van der Waals surface area contributed by atoms with Gasteiger partial charge in [-0.15, -0.1) is 0 Å². The molecule has 2 aromatic carbocycles. The third kappa shape index (κ3) is 3.78. The molecule has 0 N–H and O–H groups in total. The molecule has 0 atom stereocenters. The minimum absolute atomic E-state index is 0.0929. The Morgan fingerprint density at radius 3 is 1.67 bits per heavy atom. The van der Waals surface area contributed by atoms with Crippen molar-refractivity contribution in [3.05, 3.63) is 65.2 Å². The number of ketones is 2. The summed E-state index contributed by atoms with van der Waals surface area (Å²) in [7, 11) is 3.88. The van der Waals surface area contributed by atoms with Gasteiger partial charge in [0.15, 0.2) is 11.6 Å². The van der Waals surface area contributed by atoms with Crippen molar-refractivity contribution >= 4 is 17.3 Å². The zero-order chi connectivity index (χ0) is 15.4. The van der Waals surface area contributed by atoms with Gasteiger partial charge in [0.1, 0.15) is 0 Å². The summed E-state index contributed by atoms with van der Waals surface area (Å²) in [5.41, 5.74) is 3.27. The first-order valence-electron chi connectivity index (χ1n) is 6.88. The van der Waals surface area contributed by atoms with Crippen molar-refractivity contribution < 1.29 is 9.59 Å². The van der Waals surface area contributed by atoms with E-state index in [0.717, 1.165) is 11.3 Å². The first-order chi connectivity index (χ1) is 9.97. The molecule has 0 fully saturated rings. The Morgan fingerprint density at radius 1 is 0.810 bits per heavy atom. The van der Waals surface area contributed by atoms with E-state index in [4.69, 9.17) is 0 Å². The fourth-order valence-electron chi connectivity index (χ4n) is 2.03. The molecule has 0 saturated carbocycles. The summed E-state index contributed by atoms with van der Waals surface area (Å²) in [4.78, 5) is 26.2. The number of rotatable bonds is 5. The predicted octanol–water partition coefficient (Wildman–Crippen LogP) is 3.52. The standard InChI is InChI=1S/C18H19NO2/c1-13-4-6-14(7-5-13)17(20)12-18(21)15-8-10-16(11-9-15)19(2)3/h4-11H,12H2,1-3H3. The molecule has 21 heavy (non-hydrogen) atoms. The van der Waals surface area contributed by atoms with Crippen LogP contribution >= 0.6 is 0 Å². The Morgan fingerprint density at radius 2 is 1.24 bits per heavy atom. The zero-order valence-electron chi connectivity index (χ0n) is 12.6. The lowest BCUT2D eigenvalue weighted by Gasteiger charge is -2.12. The molecule has 0 spiro atoms. The van der Waals surface area contributed by atoms with Gasteiger partial charge in [0.2, 0.25) is 0 Å². The van der Waals surface area contributed by atoms with E-state index >= 15 is 0 Å². The van der Waals surface area contributed by atoms with E-state index in [0.29, 0.717) is 11.1 Å². The SMILES string of the molecule is Cc1ccc(C(=O)CC(=O)c2ccc(N(C)C)cc2)cc1. The predicted molar refractivity (Wildman–Crippen MR) is 85.2 cm³/mol. The first-order valence-corrected chi connectivity index (χ1v) is 6.88. The fraction of sp³-hybridized carbons (Fsp3) is 0.222. The van der Waals surface area contributed by atoms with Crippen molar-refractivity contribution in [2.75, 3.05) is 19.0 Å². The van der Waals surface area contributed by atoms with Crippen LogP contribution in [0.1, 0.15) is 32.7 Å². The summed E-state index contributed by atoms with van der Waals surface area (Å²) >= 11 is 0. The number of Topliss-reactive ketones (excluding diaryl/α,β-unsaturated/α-hetero) is 2. The maximum Gasteiger partial charge on any atom is 0.170 e. The highest BCUT2D eigenvalue weighted by molar-refractivity contribution is 6.13. The van der Waals surface area contributed by atoms with E-state index < -0.39 is 0 Å². The summed E-state index contributed by atoms with van der Waals surface area (Å²) in [5, 5.41) is 0. The highest BCUT2D eigenvalue weighted by Crippen LogP contribution is 2.15. The van der Waals surface area contributed by atoms with Gasteiger partial charge in [-0.05, 0) is 31.2 Å². The molecule has 0 heterocycles. The largest absolute Gasteiger partial charge is 0.378 e. The molecule has 2 rings (SSSR count). The molecule has 0 amide bonds. The number of benzene rings is 2. The van der Waals surface area contributed by atoms with Gasteiger partial charge >= 0.3 is 0 Å². The summed E-state index contributed by atoms with van der Waals surface area (Å²) in [6.45, 7) is 1.96. The average Bonchev–Trinajstić information content (AvgIpc) is 2.47. The Balaban J connectivity index is 2.07. The molecule has 0 aromatic heterocycles. The van der Waals surface area contributed by atoms with Gasteiger partial charge in [0.05, 0.1) is 6.42 Å². The lowest BCUT2D eigenvalue weighted by atomic mass is 10.0. The third-order valence-electron chi connectivity index (χ3n) is 3.40. The molecule has 0 aliphatic heterocycles. The van der Waals surface area contributed by atoms with Gasteiger partial charge < -0.3 is 4.90 Å². The Kier molecular flexibility index (Phi) is 4.53. The average molecular weight is 281 g/mol. The van der Waals surface area contributed by atoms with Crippen LogP contribution in [0, 0.1) is 6.92 Å². The van der Waals surface area contributed by atoms with E-state index in [1.807, 2.05) is 50.2 Å². The number of carbonyl (C=O) groups is 2. The molecular weight excluding hydrogens is 262 g/mol. The first kappa shape index (κ1) is 15.0. The van der Waals surface area contributed by atoms with E-state index in [-0.39, 0.29) is 18.0 Å². The molecule has 0 aliphatic carbocycles. The highest BCUT2D eigenvalue weighted by Gasteiger charge is 2.13. The second kappa shape index (κ2) is 6.35. The Labute approximate surface area is 125 Å². The number of hydrogen-bond acceptors (Lipinski definition) is 3. The van der Waals surface area contributed by atoms with Crippen LogP contribution in [0.3, 0.4) is 0 Å². The molecule has 0 bridgehead atoms. The van der Waals surface area contributed by atoms with E-state index in [1.54, 1.807) is 24.3 Å². The van der Waals surface area contributed by atoms with E-state index in [2.05, 4.69) is 0 Å². The van der Waals surface area contributed by atoms with E-state index in [1.165, 1.54) is 0 Å². The van der Waals surface area contributed by atoms with Crippen molar-refractivity contribution in [2.45, 2.75) is 13.3 Å². The molecular formula is C18H19NO2. The van der Waals surface area contributed by atoms with Crippen LogP contribution in [0.25, 0.3) is 0 Å². The fourth-order valence-corrected chi connectivity index (χ4v) is 2.03. The van der Waals surface area contributed by atoms with Crippen LogP contribution in [0.4, 0.5) is 5.69 Å². The lowest BCUT2D eigenvalue weighted by Crippen LogP contribution is -2.10. The number of aryl methyl sites for hydroxylation is 1. The molecule has 108 valence electrons. The quantitative estimate of drug-likeness (QED) is 0.621. The van der Waals surface area contributed by atoms with Gasteiger partial charge in [0, 0.05) is 30.9 Å². The number of hydrogen-bond donors (Lipinski definition) is 0. The molecule has 0 unspecified atom stereocenters. The van der Waals surface area contributed by atoms with Crippen LogP contribution in [-0.2, 0) is 0 Å². The maximum absolute atomic E-state index is 12.1. The number of anilines is 1. The normalized spacial score (nSPS) is 10.2. The highest BCUT2D eigenvalue weighted by atomic mass is 16.1. The summed E-state index contributed by atoms with van der Waals surface area (Å²) < 4.78 is 0. The van der Waals surface area contributed by atoms with Gasteiger partial charge in [-0.3, -0.25) is 9.59 Å². The van der Waals surface area contributed by atoms with Crippen LogP contribution in [0.5, 0.6) is 0 Å². The van der Waals surface area contributed by atoms with Crippen molar-refractivity contribution in [1.82, 2.24) is 0 Å². The van der Waals surface area contributed by atoms with Crippen molar-refractivity contribution in [1.29, 1.82) is 0 Å². The summed E-state index contributed by atoms with van der Waals surface area (Å²) in [6, 6.07) is 14.6. The van der Waals surface area contributed by atoms with Crippen LogP contribution in [0.15, 0.2) is 48.5 Å². The molecule has 0 saturated heterocycles. The topological polar surface area (TPSA) is 37.4 Å². The van der Waals surface area contributed by atoms with Gasteiger partial charge in [-0.2, -0.15) is 0 Å². The van der Waals surface area contributed by atoms with Crippen LogP contribution in [0.2, 0.25) is 0 Å². The van der Waals surface area contributed by atoms with Crippen molar-refractivity contribution in [3.63, 3.8) is 0 Å². The second-order valence-electron chi connectivity index (χ2n) is 5.33. The third-order valence-corrected chi connectivity index (χ3v) is 3.40. The molecule has 3 heteroatoms. The number of carbonyl (C=O) groups excluding carboxylic acids is 2. The molecule has 0 radical (unpaired) electrons. The molecule has 0 aliphatic rings. The second-order valence-corrected chi connectivity index (χ2v) is 5.33. The monoisotopic (exact) mass is 281 g/mol. The summed E-state index contributed by atoms with van der Waals surface area (Å²) in [6.07, 6.45) is -0.0929. The van der Waals surface area contributed by atoms with Crippen LogP contribution < -0.4 is 4.90 Å². The number of nitrogens with zero attached hydrogens (tertiary/aromatic N) is 1. The maximum atomic E-state index is 12.1. The summed E-state index contributed by atoms with van der Waals surface area (Å²) in [5.74, 6) is -0.289. The lowest BCUT2D eigenvalue weighted by molar-refractivity contribution is 0.0894. The minimum Gasteiger partial charge on any atom is -0.378 e. The Hall–Kier alpha value is -2.42. The Bertz CT molecular complexity index is 640. The van der Waals surface area contributed by atoms with Crippen molar-refractivity contribution in [3.8, 4) is 0 Å². The molecule has 3 nitrogen and oxygen atoms in total. The minimum atomic E-state index is -0.147. The zero-order valence-corrected chi connectivity index (χ0v) is 12.6. The van der Waals surface area contributed by atoms with Gasteiger partial charge in [-0.25, -0.2) is 0 Å². The van der Waals surface area contributed by atoms with Crippen LogP contribution in [-0.4, -0.2) is 25.7 Å². The van der Waals surface area contributed by atoms with E-state index in [9.17, 15) is 9.59 Å². The smallest absolute Gasteiger partial charge is 0.170 e.